The van der Waals surface area contributed by atoms with Gasteiger partial charge in [0.25, 0.3) is 0 Å². The van der Waals surface area contributed by atoms with Crippen LogP contribution in [0.1, 0.15) is 27.6 Å². The van der Waals surface area contributed by atoms with Crippen molar-refractivity contribution in [3.05, 3.63) is 126 Å². The van der Waals surface area contributed by atoms with Crippen molar-refractivity contribution in [2.24, 2.45) is 0 Å². The number of anilines is 1. The van der Waals surface area contributed by atoms with E-state index in [1.807, 2.05) is 60.7 Å². The number of para-hydroxylation sites is 3. The number of hydrogen-bond donors (Lipinski definition) is 3. The van der Waals surface area contributed by atoms with Gasteiger partial charge in [-0.25, -0.2) is 4.79 Å². The molecule has 0 fully saturated rings. The highest BCUT2D eigenvalue weighted by atomic mass is 16.5. The summed E-state index contributed by atoms with van der Waals surface area (Å²) in [6.07, 6.45) is -0.516. The number of nitrogens with two attached hydrogens (primary N) is 1. The molecule has 0 saturated heterocycles. The molecule has 0 saturated carbocycles. The lowest BCUT2D eigenvalue weighted by atomic mass is 10.0. The average Bonchev–Trinajstić information content (AvgIpc) is 2.82. The maximum atomic E-state index is 11.0. The predicted molar refractivity (Wildman–Crippen MR) is 121 cm³/mol. The third-order valence-corrected chi connectivity index (χ3v) is 4.49. The Morgan fingerprint density at radius 1 is 0.677 bits per heavy atom. The van der Waals surface area contributed by atoms with Crippen LogP contribution in [0.2, 0.25) is 0 Å². The summed E-state index contributed by atoms with van der Waals surface area (Å²) < 4.78 is 5.50. The number of rotatable bonds is 5. The van der Waals surface area contributed by atoms with Gasteiger partial charge in [0.1, 0.15) is 23.2 Å². The standard InChI is InChI=1S/C13H11NO3.C13H12O/c14-10-6-2-4-8-12(10)17-11-7-3-1-5-9(11)13(15)16;14-13(11-7-3-1-4-8-11)12-9-5-2-6-10-12/h1-8H,14H2,(H,15,16);1-10,13-14H. The molecule has 0 aromatic heterocycles. The van der Waals surface area contributed by atoms with Crippen molar-refractivity contribution in [1.29, 1.82) is 0 Å². The Morgan fingerprint density at radius 3 is 1.65 bits per heavy atom. The second-order valence-corrected chi connectivity index (χ2v) is 6.67. The number of benzene rings is 4. The molecule has 4 rings (SSSR count). The molecule has 0 heterocycles. The molecule has 0 aliphatic rings. The molecule has 31 heavy (non-hydrogen) atoms. The lowest BCUT2D eigenvalue weighted by molar-refractivity contribution is 0.0694. The number of carbonyl (C=O) groups is 1. The minimum Gasteiger partial charge on any atom is -0.478 e. The van der Waals surface area contributed by atoms with Gasteiger partial charge in [0, 0.05) is 0 Å². The maximum absolute atomic E-state index is 11.0. The van der Waals surface area contributed by atoms with Crippen LogP contribution in [0.3, 0.4) is 0 Å². The van der Waals surface area contributed by atoms with Crippen LogP contribution in [0, 0.1) is 0 Å². The third kappa shape index (κ3) is 5.95. The number of hydrogen-bond acceptors (Lipinski definition) is 4. The first kappa shape index (κ1) is 21.6. The lowest BCUT2D eigenvalue weighted by Gasteiger charge is -2.10. The van der Waals surface area contributed by atoms with Crippen molar-refractivity contribution in [2.75, 3.05) is 5.73 Å². The van der Waals surface area contributed by atoms with E-state index in [1.54, 1.807) is 42.5 Å². The van der Waals surface area contributed by atoms with Crippen molar-refractivity contribution in [1.82, 2.24) is 0 Å². The van der Waals surface area contributed by atoms with E-state index in [1.165, 1.54) is 6.07 Å². The van der Waals surface area contributed by atoms with Crippen LogP contribution in [0.4, 0.5) is 5.69 Å². The van der Waals surface area contributed by atoms with Crippen LogP contribution in [0.25, 0.3) is 0 Å². The van der Waals surface area contributed by atoms with Gasteiger partial charge in [-0.2, -0.15) is 0 Å². The second-order valence-electron chi connectivity index (χ2n) is 6.67. The van der Waals surface area contributed by atoms with Crippen LogP contribution in [-0.2, 0) is 0 Å². The Hall–Kier alpha value is -4.09. The number of aliphatic hydroxyl groups is 1. The van der Waals surface area contributed by atoms with E-state index in [2.05, 4.69) is 0 Å². The van der Waals surface area contributed by atoms with Gasteiger partial charge in [0.05, 0.1) is 5.69 Å². The zero-order valence-corrected chi connectivity index (χ0v) is 16.8. The van der Waals surface area contributed by atoms with E-state index in [9.17, 15) is 9.90 Å². The monoisotopic (exact) mass is 413 g/mol. The summed E-state index contributed by atoms with van der Waals surface area (Å²) in [4.78, 5) is 11.0. The molecule has 0 aliphatic heterocycles. The quantitative estimate of drug-likeness (QED) is 0.374. The predicted octanol–water partition coefficient (Wildman–Crippen LogP) is 5.53. The van der Waals surface area contributed by atoms with Crippen LogP contribution < -0.4 is 10.5 Å². The van der Waals surface area contributed by atoms with E-state index >= 15 is 0 Å². The second kappa shape index (κ2) is 10.6. The van der Waals surface area contributed by atoms with Crippen molar-refractivity contribution in [2.45, 2.75) is 6.10 Å². The Labute approximate surface area is 181 Å². The fourth-order valence-electron chi connectivity index (χ4n) is 2.89. The van der Waals surface area contributed by atoms with Gasteiger partial charge in [-0.1, -0.05) is 84.9 Å². The molecule has 156 valence electrons. The summed E-state index contributed by atoms with van der Waals surface area (Å²) in [5, 5.41) is 19.0. The molecule has 0 atom stereocenters. The summed E-state index contributed by atoms with van der Waals surface area (Å²) in [7, 11) is 0. The Balaban J connectivity index is 0.000000179. The van der Waals surface area contributed by atoms with Crippen molar-refractivity contribution < 1.29 is 19.7 Å². The first-order valence-corrected chi connectivity index (χ1v) is 9.69. The van der Waals surface area contributed by atoms with Crippen LogP contribution in [0.15, 0.2) is 109 Å². The van der Waals surface area contributed by atoms with E-state index in [0.29, 0.717) is 11.4 Å². The first-order chi connectivity index (χ1) is 15.1. The Bertz CT molecular complexity index is 1070. The average molecular weight is 413 g/mol. The van der Waals surface area contributed by atoms with Crippen LogP contribution in [-0.4, -0.2) is 16.2 Å². The highest BCUT2D eigenvalue weighted by molar-refractivity contribution is 5.91. The molecule has 0 bridgehead atoms. The largest absolute Gasteiger partial charge is 0.478 e. The highest BCUT2D eigenvalue weighted by Gasteiger charge is 2.11. The molecule has 0 aliphatic carbocycles. The molecule has 5 nitrogen and oxygen atoms in total. The van der Waals surface area contributed by atoms with Gasteiger partial charge < -0.3 is 20.7 Å². The summed E-state index contributed by atoms with van der Waals surface area (Å²) >= 11 is 0. The van der Waals surface area contributed by atoms with E-state index in [0.717, 1.165) is 11.1 Å². The SMILES string of the molecule is Nc1ccccc1Oc1ccccc1C(=O)O.OC(c1ccccc1)c1ccccc1. The molecule has 4 aromatic rings. The third-order valence-electron chi connectivity index (χ3n) is 4.49. The number of carboxylic acid groups (broad SMARTS) is 1. The van der Waals surface area contributed by atoms with Gasteiger partial charge in [-0.15, -0.1) is 0 Å². The first-order valence-electron chi connectivity index (χ1n) is 9.69. The number of carboxylic acids is 1. The van der Waals surface area contributed by atoms with E-state index in [-0.39, 0.29) is 11.3 Å². The Morgan fingerprint density at radius 2 is 1.13 bits per heavy atom. The molecule has 4 aromatic carbocycles. The van der Waals surface area contributed by atoms with Crippen molar-refractivity contribution in [3.63, 3.8) is 0 Å². The minimum absolute atomic E-state index is 0.107. The smallest absolute Gasteiger partial charge is 0.339 e. The van der Waals surface area contributed by atoms with E-state index in [4.69, 9.17) is 15.6 Å². The van der Waals surface area contributed by atoms with Crippen LogP contribution in [0.5, 0.6) is 11.5 Å². The fraction of sp³-hybridized carbons (Fsp3) is 0.0385. The zero-order valence-electron chi connectivity index (χ0n) is 16.8. The maximum Gasteiger partial charge on any atom is 0.339 e. The molecule has 0 unspecified atom stereocenters. The summed E-state index contributed by atoms with van der Waals surface area (Å²) in [5.74, 6) is -0.311. The highest BCUT2D eigenvalue weighted by Crippen LogP contribution is 2.29. The molecular formula is C26H23NO4. The molecule has 5 heteroatoms. The van der Waals surface area contributed by atoms with Gasteiger partial charge in [0.15, 0.2) is 0 Å². The summed E-state index contributed by atoms with van der Waals surface area (Å²) in [6.45, 7) is 0. The van der Waals surface area contributed by atoms with Gasteiger partial charge in [0.2, 0.25) is 0 Å². The lowest BCUT2D eigenvalue weighted by Crippen LogP contribution is -2.00. The van der Waals surface area contributed by atoms with E-state index < -0.39 is 12.1 Å². The van der Waals surface area contributed by atoms with Gasteiger partial charge in [-0.3, -0.25) is 0 Å². The fourth-order valence-corrected chi connectivity index (χ4v) is 2.89. The number of nitrogen functional groups attached to an aromatic ring is 1. The zero-order chi connectivity index (χ0) is 22.1. The molecule has 0 radical (unpaired) electrons. The van der Waals surface area contributed by atoms with Gasteiger partial charge in [-0.05, 0) is 35.4 Å². The normalized spacial score (nSPS) is 10.1. The molecule has 0 amide bonds. The van der Waals surface area contributed by atoms with Crippen molar-refractivity contribution in [3.8, 4) is 11.5 Å². The van der Waals surface area contributed by atoms with Crippen molar-refractivity contribution >= 4 is 11.7 Å². The summed E-state index contributed by atoms with van der Waals surface area (Å²) in [5.41, 5.74) is 8.15. The topological polar surface area (TPSA) is 92.8 Å². The molecule has 0 spiro atoms. The number of aliphatic hydroxyl groups excluding tert-OH is 1. The minimum atomic E-state index is -1.03. The van der Waals surface area contributed by atoms with Crippen LogP contribution >= 0.6 is 0 Å². The summed E-state index contributed by atoms with van der Waals surface area (Å²) in [6, 6.07) is 32.7. The molecule has 4 N–H and O–H groups in total. The number of aromatic carboxylic acids is 1. The number of ether oxygens (including phenoxy) is 1. The Kier molecular flexibility index (Phi) is 7.40. The van der Waals surface area contributed by atoms with Gasteiger partial charge >= 0.3 is 5.97 Å². The molecular weight excluding hydrogens is 390 g/mol.